The number of thiazole rings is 1. The van der Waals surface area contributed by atoms with Crippen molar-refractivity contribution in [2.75, 3.05) is 12.4 Å². The van der Waals surface area contributed by atoms with E-state index in [9.17, 15) is 14.0 Å². The molecule has 1 aromatic carbocycles. The number of amides is 1. The number of aromatic nitrogens is 2. The van der Waals surface area contributed by atoms with Crippen molar-refractivity contribution in [2.45, 2.75) is 19.9 Å². The van der Waals surface area contributed by atoms with Crippen LogP contribution in [0.2, 0.25) is 0 Å². The number of ether oxygens (including phenoxy) is 1. The van der Waals surface area contributed by atoms with Gasteiger partial charge in [0.2, 0.25) is 5.91 Å². The second-order valence-electron chi connectivity index (χ2n) is 5.43. The fourth-order valence-electron chi connectivity index (χ4n) is 2.49. The van der Waals surface area contributed by atoms with Gasteiger partial charge >= 0.3 is 5.97 Å². The average molecular weight is 361 g/mol. The van der Waals surface area contributed by atoms with E-state index in [0.717, 1.165) is 10.9 Å². The molecule has 0 aliphatic carbocycles. The molecule has 8 heteroatoms. The molecule has 2 aromatic heterocycles. The van der Waals surface area contributed by atoms with E-state index < -0.39 is 5.97 Å². The van der Waals surface area contributed by atoms with Gasteiger partial charge in [-0.05, 0) is 36.6 Å². The van der Waals surface area contributed by atoms with Crippen molar-refractivity contribution in [3.63, 3.8) is 0 Å². The first-order valence-electron chi connectivity index (χ1n) is 7.58. The van der Waals surface area contributed by atoms with E-state index in [4.69, 9.17) is 0 Å². The lowest BCUT2D eigenvalue weighted by Gasteiger charge is -2.05. The van der Waals surface area contributed by atoms with Crippen molar-refractivity contribution in [1.29, 1.82) is 0 Å². The fourth-order valence-corrected chi connectivity index (χ4v) is 3.31. The predicted octanol–water partition coefficient (Wildman–Crippen LogP) is 3.36. The minimum absolute atomic E-state index is 0.201. The Balaban J connectivity index is 1.65. The van der Waals surface area contributed by atoms with Crippen LogP contribution in [0.1, 0.15) is 21.8 Å². The van der Waals surface area contributed by atoms with E-state index in [1.54, 1.807) is 13.0 Å². The zero-order valence-electron chi connectivity index (χ0n) is 13.7. The molecular weight excluding hydrogens is 345 g/mol. The highest BCUT2D eigenvalue weighted by molar-refractivity contribution is 7.16. The number of carbonyl (C=O) groups is 2. The molecular formula is C17H16FN3O3S. The summed E-state index contributed by atoms with van der Waals surface area (Å²) >= 11 is 1.21. The van der Waals surface area contributed by atoms with Crippen molar-refractivity contribution >= 4 is 39.2 Å². The number of carbonyl (C=O) groups excluding carboxylic acids is 2. The summed E-state index contributed by atoms with van der Waals surface area (Å²) in [6.07, 6.45) is 2.02. The number of anilines is 1. The number of nitrogens with one attached hydrogen (secondary N) is 1. The Kier molecular flexibility index (Phi) is 4.80. The van der Waals surface area contributed by atoms with Crippen LogP contribution >= 0.6 is 11.3 Å². The van der Waals surface area contributed by atoms with Gasteiger partial charge in [0.1, 0.15) is 5.82 Å². The summed E-state index contributed by atoms with van der Waals surface area (Å²) < 4.78 is 19.8. The number of aryl methyl sites for hydroxylation is 2. The molecule has 130 valence electrons. The number of halogens is 1. The number of hydrogen-bond donors (Lipinski definition) is 1. The molecule has 3 aromatic rings. The number of benzene rings is 1. The highest BCUT2D eigenvalue weighted by Gasteiger charge is 2.17. The minimum atomic E-state index is -0.532. The van der Waals surface area contributed by atoms with Crippen LogP contribution in [0.3, 0.4) is 0 Å². The van der Waals surface area contributed by atoms with Gasteiger partial charge in [-0.1, -0.05) is 0 Å². The molecule has 0 aliphatic rings. The maximum atomic E-state index is 13.4. The largest absolute Gasteiger partial charge is 0.464 e. The van der Waals surface area contributed by atoms with Crippen LogP contribution in [-0.4, -0.2) is 28.5 Å². The first kappa shape index (κ1) is 17.1. The van der Waals surface area contributed by atoms with Gasteiger partial charge in [0.25, 0.3) is 0 Å². The van der Waals surface area contributed by atoms with Gasteiger partial charge in [-0.3, -0.25) is 4.79 Å². The number of rotatable bonds is 5. The standard InChI is InChI=1S/C17H16FN3O3S/c1-10-15(16(23)24-2)20-17(25-10)19-14(22)6-8-21-7-5-11-3-4-12(18)9-13(11)21/h3-5,7,9H,6,8H2,1-2H3,(H,19,20,22). The van der Waals surface area contributed by atoms with Crippen molar-refractivity contribution < 1.29 is 18.7 Å². The monoisotopic (exact) mass is 361 g/mol. The molecule has 25 heavy (non-hydrogen) atoms. The highest BCUT2D eigenvalue weighted by atomic mass is 32.1. The molecule has 1 amide bonds. The molecule has 0 aliphatic heterocycles. The number of esters is 1. The molecule has 3 rings (SSSR count). The normalized spacial score (nSPS) is 10.8. The van der Waals surface area contributed by atoms with Gasteiger partial charge in [-0.2, -0.15) is 0 Å². The summed E-state index contributed by atoms with van der Waals surface area (Å²) in [4.78, 5) is 28.4. The van der Waals surface area contributed by atoms with Gasteiger partial charge in [-0.15, -0.1) is 11.3 Å². The zero-order chi connectivity index (χ0) is 18.0. The van der Waals surface area contributed by atoms with Crippen LogP contribution in [0.25, 0.3) is 10.9 Å². The molecule has 2 heterocycles. The van der Waals surface area contributed by atoms with E-state index in [2.05, 4.69) is 15.0 Å². The first-order valence-corrected chi connectivity index (χ1v) is 8.39. The van der Waals surface area contributed by atoms with Crippen LogP contribution < -0.4 is 5.32 Å². The summed E-state index contributed by atoms with van der Waals surface area (Å²) in [7, 11) is 1.28. The number of fused-ring (bicyclic) bond motifs is 1. The maximum absolute atomic E-state index is 13.4. The van der Waals surface area contributed by atoms with Gasteiger partial charge in [-0.25, -0.2) is 14.2 Å². The second kappa shape index (κ2) is 7.02. The van der Waals surface area contributed by atoms with Crippen molar-refractivity contribution in [1.82, 2.24) is 9.55 Å². The van der Waals surface area contributed by atoms with Crippen LogP contribution in [0.4, 0.5) is 9.52 Å². The quantitative estimate of drug-likeness (QED) is 0.707. The third-order valence-electron chi connectivity index (χ3n) is 3.74. The lowest BCUT2D eigenvalue weighted by molar-refractivity contribution is -0.116. The molecule has 6 nitrogen and oxygen atoms in total. The molecule has 0 saturated heterocycles. The molecule has 0 unspecified atom stereocenters. The summed E-state index contributed by atoms with van der Waals surface area (Å²) in [5.74, 6) is -1.08. The third-order valence-corrected chi connectivity index (χ3v) is 4.62. The molecule has 1 N–H and O–H groups in total. The van der Waals surface area contributed by atoms with Crippen molar-refractivity contribution in [3.05, 3.63) is 46.9 Å². The van der Waals surface area contributed by atoms with Gasteiger partial charge < -0.3 is 14.6 Å². The van der Waals surface area contributed by atoms with Crippen LogP contribution in [0, 0.1) is 12.7 Å². The Bertz CT molecular complexity index is 948. The fraction of sp³-hybridized carbons (Fsp3) is 0.235. The lowest BCUT2D eigenvalue weighted by Crippen LogP contribution is -2.14. The first-order chi connectivity index (χ1) is 12.0. The summed E-state index contributed by atoms with van der Waals surface area (Å²) in [6, 6.07) is 6.43. The molecule has 0 radical (unpaired) electrons. The third kappa shape index (κ3) is 3.69. The Labute approximate surface area is 147 Å². The van der Waals surface area contributed by atoms with Gasteiger partial charge in [0.15, 0.2) is 10.8 Å². The Hall–Kier alpha value is -2.74. The van der Waals surface area contributed by atoms with E-state index in [1.165, 1.54) is 30.6 Å². The Morgan fingerprint density at radius 1 is 1.36 bits per heavy atom. The second-order valence-corrected chi connectivity index (χ2v) is 6.63. The molecule has 0 fully saturated rings. The summed E-state index contributed by atoms with van der Waals surface area (Å²) in [5, 5.41) is 3.95. The van der Waals surface area contributed by atoms with Gasteiger partial charge in [0.05, 0.1) is 12.6 Å². The van der Waals surface area contributed by atoms with E-state index >= 15 is 0 Å². The summed E-state index contributed by atoms with van der Waals surface area (Å²) in [6.45, 7) is 2.15. The highest BCUT2D eigenvalue weighted by Crippen LogP contribution is 2.23. The van der Waals surface area contributed by atoms with E-state index in [0.29, 0.717) is 16.6 Å². The summed E-state index contributed by atoms with van der Waals surface area (Å²) in [5.41, 5.74) is 0.945. The van der Waals surface area contributed by atoms with Crippen LogP contribution in [0.5, 0.6) is 0 Å². The smallest absolute Gasteiger partial charge is 0.357 e. The minimum Gasteiger partial charge on any atom is -0.464 e. The molecule has 0 atom stereocenters. The van der Waals surface area contributed by atoms with Crippen molar-refractivity contribution in [3.8, 4) is 0 Å². The topological polar surface area (TPSA) is 73.2 Å². The lowest BCUT2D eigenvalue weighted by atomic mass is 10.2. The number of methoxy groups -OCH3 is 1. The number of hydrogen-bond acceptors (Lipinski definition) is 5. The molecule has 0 spiro atoms. The van der Waals surface area contributed by atoms with Gasteiger partial charge in [0, 0.05) is 24.0 Å². The maximum Gasteiger partial charge on any atom is 0.357 e. The average Bonchev–Trinajstić information content (AvgIpc) is 3.15. The molecule has 0 saturated carbocycles. The number of nitrogens with zero attached hydrogens (tertiary/aromatic N) is 2. The van der Waals surface area contributed by atoms with Crippen LogP contribution in [-0.2, 0) is 16.1 Å². The predicted molar refractivity (Wildman–Crippen MR) is 93.3 cm³/mol. The Morgan fingerprint density at radius 2 is 2.16 bits per heavy atom. The van der Waals surface area contributed by atoms with E-state index in [1.807, 2.05) is 16.8 Å². The SMILES string of the molecule is COC(=O)c1nc(NC(=O)CCn2ccc3ccc(F)cc32)sc1C. The zero-order valence-corrected chi connectivity index (χ0v) is 14.5. The van der Waals surface area contributed by atoms with E-state index in [-0.39, 0.29) is 23.8 Å². The van der Waals surface area contributed by atoms with Crippen LogP contribution in [0.15, 0.2) is 30.5 Å². The van der Waals surface area contributed by atoms with Crippen molar-refractivity contribution in [2.24, 2.45) is 0 Å². The Morgan fingerprint density at radius 3 is 2.92 bits per heavy atom. The molecule has 0 bridgehead atoms.